The molecular weight excluding hydrogens is 1010 g/mol. The standard InChI is InChI=1S/C21H22Br2FNO3.C20H19Br2ClFNO3/c1-12-4-15(6-16(5-12)25-10-13-2-3-13)11-28-20-17(22)7-14(8-18(20)23)9-19(24)21(26)27;21-16-5-12(7-18(24)20(26)27)6-17(22)19(16)28-10-13-3-14(23)8-15(4-13)25-9-11-1-2-11/h4-8,13,19,25H,2-3,9-11H2,1H3,(H,26,27);3-6,8,11,18,25H,1-2,7,9-10H2,(H,26,27). The van der Waals surface area contributed by atoms with Crippen molar-refractivity contribution in [3.63, 3.8) is 0 Å². The van der Waals surface area contributed by atoms with E-state index in [4.69, 9.17) is 31.3 Å². The zero-order valence-electron chi connectivity index (χ0n) is 30.3. The highest BCUT2D eigenvalue weighted by Crippen LogP contribution is 2.38. The van der Waals surface area contributed by atoms with Crippen LogP contribution in [0.25, 0.3) is 0 Å². The molecule has 0 saturated heterocycles. The van der Waals surface area contributed by atoms with E-state index < -0.39 is 24.3 Å². The van der Waals surface area contributed by atoms with E-state index in [-0.39, 0.29) is 12.8 Å². The summed E-state index contributed by atoms with van der Waals surface area (Å²) < 4.78 is 41.3. The topological polar surface area (TPSA) is 117 Å². The molecule has 0 radical (unpaired) electrons. The number of carboxylic acids is 2. The highest BCUT2D eigenvalue weighted by Gasteiger charge is 2.22. The zero-order chi connectivity index (χ0) is 40.5. The van der Waals surface area contributed by atoms with Gasteiger partial charge in [0.2, 0.25) is 12.3 Å². The van der Waals surface area contributed by atoms with Gasteiger partial charge in [0, 0.05) is 42.3 Å². The second-order valence-corrected chi connectivity index (χ2v) is 17.9. The van der Waals surface area contributed by atoms with Crippen molar-refractivity contribution in [1.82, 2.24) is 0 Å². The molecule has 2 aliphatic carbocycles. The van der Waals surface area contributed by atoms with Gasteiger partial charge in [0.15, 0.2) is 0 Å². The van der Waals surface area contributed by atoms with Crippen LogP contribution in [0.2, 0.25) is 5.02 Å². The molecule has 0 spiro atoms. The maximum Gasteiger partial charge on any atom is 0.338 e. The Morgan fingerprint density at radius 1 is 0.661 bits per heavy atom. The number of hydrogen-bond donors (Lipinski definition) is 4. The van der Waals surface area contributed by atoms with Crippen LogP contribution in [0.15, 0.2) is 78.6 Å². The van der Waals surface area contributed by atoms with Crippen LogP contribution >= 0.6 is 75.3 Å². The smallest absolute Gasteiger partial charge is 0.338 e. The molecule has 56 heavy (non-hydrogen) atoms. The van der Waals surface area contributed by atoms with Gasteiger partial charge in [0.05, 0.1) is 17.9 Å². The van der Waals surface area contributed by atoms with Gasteiger partial charge in [0.25, 0.3) is 0 Å². The fourth-order valence-corrected chi connectivity index (χ4v) is 8.97. The second-order valence-electron chi connectivity index (χ2n) is 14.1. The Bertz CT molecular complexity index is 1850. The van der Waals surface area contributed by atoms with Crippen LogP contribution in [-0.4, -0.2) is 47.6 Å². The second kappa shape index (κ2) is 20.7. The summed E-state index contributed by atoms with van der Waals surface area (Å²) >= 11 is 19.9. The van der Waals surface area contributed by atoms with Gasteiger partial charge >= 0.3 is 11.9 Å². The van der Waals surface area contributed by atoms with E-state index >= 15 is 0 Å². The molecule has 4 aromatic rings. The van der Waals surface area contributed by atoms with Crippen LogP contribution in [0, 0.1) is 18.8 Å². The molecule has 2 atom stereocenters. The number of benzene rings is 4. The molecule has 6 rings (SSSR count). The van der Waals surface area contributed by atoms with Crippen LogP contribution < -0.4 is 20.1 Å². The van der Waals surface area contributed by atoms with Crippen LogP contribution in [0.3, 0.4) is 0 Å². The fourth-order valence-electron chi connectivity index (χ4n) is 5.69. The Morgan fingerprint density at radius 3 is 1.45 bits per heavy atom. The minimum Gasteiger partial charge on any atom is -0.487 e. The molecule has 0 bridgehead atoms. The van der Waals surface area contributed by atoms with E-state index in [1.807, 2.05) is 18.2 Å². The molecule has 2 fully saturated rings. The van der Waals surface area contributed by atoms with Crippen LogP contribution in [0.4, 0.5) is 20.2 Å². The first-order valence-corrected chi connectivity index (χ1v) is 21.5. The molecule has 0 amide bonds. The molecule has 2 aliphatic rings. The van der Waals surface area contributed by atoms with Gasteiger partial charge in [-0.25, -0.2) is 18.4 Å². The first kappa shape index (κ1) is 44.2. The maximum absolute atomic E-state index is 13.5. The molecule has 0 aromatic heterocycles. The summed E-state index contributed by atoms with van der Waals surface area (Å²) in [6, 6.07) is 18.7. The lowest BCUT2D eigenvalue weighted by Gasteiger charge is -2.14. The van der Waals surface area contributed by atoms with E-state index in [2.05, 4.69) is 99.5 Å². The first-order valence-electron chi connectivity index (χ1n) is 18.0. The summed E-state index contributed by atoms with van der Waals surface area (Å²) in [6.07, 6.45) is 0.884. The van der Waals surface area contributed by atoms with E-state index in [0.717, 1.165) is 53.0 Å². The number of aliphatic carboxylic acids is 2. The lowest BCUT2D eigenvalue weighted by atomic mass is 10.1. The number of alkyl halides is 2. The molecule has 15 heteroatoms. The molecule has 4 N–H and O–H groups in total. The summed E-state index contributed by atoms with van der Waals surface area (Å²) in [4.78, 5) is 21.4. The zero-order valence-corrected chi connectivity index (χ0v) is 37.4. The van der Waals surface area contributed by atoms with Gasteiger partial charge in [-0.3, -0.25) is 0 Å². The van der Waals surface area contributed by atoms with Crippen molar-refractivity contribution in [3.05, 3.63) is 111 Å². The Balaban J connectivity index is 0.000000214. The Kier molecular flexibility index (Phi) is 16.3. The number of aryl methyl sites for hydroxylation is 1. The molecule has 0 heterocycles. The average molecular weight is 1050 g/mol. The van der Waals surface area contributed by atoms with Crippen molar-refractivity contribution in [2.24, 2.45) is 11.8 Å². The van der Waals surface area contributed by atoms with Crippen molar-refractivity contribution < 1.29 is 38.1 Å². The normalized spacial score (nSPS) is 14.6. The third kappa shape index (κ3) is 14.2. The predicted molar refractivity (Wildman–Crippen MR) is 230 cm³/mol. The van der Waals surface area contributed by atoms with Gasteiger partial charge in [-0.1, -0.05) is 17.7 Å². The minimum absolute atomic E-state index is 0.194. The number of carboxylic acid groups (broad SMARTS) is 2. The summed E-state index contributed by atoms with van der Waals surface area (Å²) in [7, 11) is 0. The highest BCUT2D eigenvalue weighted by atomic mass is 79.9. The van der Waals surface area contributed by atoms with E-state index in [0.29, 0.717) is 58.8 Å². The maximum atomic E-state index is 13.5. The van der Waals surface area contributed by atoms with Gasteiger partial charge < -0.3 is 30.3 Å². The number of hydrogen-bond acceptors (Lipinski definition) is 6. The average Bonchev–Trinajstić information content (AvgIpc) is 4.05. The van der Waals surface area contributed by atoms with E-state index in [1.165, 1.54) is 25.7 Å². The SMILES string of the molecule is Cc1cc(COc2c(Br)cc(CC(F)C(=O)O)cc2Br)cc(NCC2CC2)c1.O=C(O)C(F)Cc1cc(Br)c(OCc2cc(Cl)cc(NCC3CC3)c2)c(Br)c1. The predicted octanol–water partition coefficient (Wildman–Crippen LogP) is 12.1. The van der Waals surface area contributed by atoms with Crippen molar-refractivity contribution in [2.75, 3.05) is 23.7 Å². The van der Waals surface area contributed by atoms with Gasteiger partial charge in [-0.05, 0) is 191 Å². The lowest BCUT2D eigenvalue weighted by Crippen LogP contribution is -2.17. The largest absolute Gasteiger partial charge is 0.487 e. The van der Waals surface area contributed by atoms with Crippen molar-refractivity contribution in [2.45, 2.75) is 71.0 Å². The number of carbonyl (C=O) groups is 2. The number of nitrogens with one attached hydrogen (secondary N) is 2. The molecule has 2 unspecified atom stereocenters. The third-order valence-electron chi connectivity index (χ3n) is 8.93. The third-order valence-corrected chi connectivity index (χ3v) is 11.5. The van der Waals surface area contributed by atoms with E-state index in [1.54, 1.807) is 24.3 Å². The summed E-state index contributed by atoms with van der Waals surface area (Å²) in [5.41, 5.74) is 6.32. The lowest BCUT2D eigenvalue weighted by molar-refractivity contribution is -0.143. The summed E-state index contributed by atoms with van der Waals surface area (Å²) in [6.45, 7) is 4.70. The molecule has 2 saturated carbocycles. The van der Waals surface area contributed by atoms with Gasteiger partial charge in [-0.2, -0.15) is 0 Å². The number of anilines is 2. The van der Waals surface area contributed by atoms with Crippen LogP contribution in [0.1, 0.15) is 53.5 Å². The number of rotatable bonds is 18. The monoisotopic (exact) mass is 1050 g/mol. The minimum atomic E-state index is -1.95. The molecule has 8 nitrogen and oxygen atoms in total. The quantitative estimate of drug-likeness (QED) is 0.0779. The Labute approximate surface area is 363 Å². The van der Waals surface area contributed by atoms with Gasteiger partial charge in [-0.15, -0.1) is 0 Å². The van der Waals surface area contributed by atoms with Crippen molar-refractivity contribution in [3.8, 4) is 11.5 Å². The van der Waals surface area contributed by atoms with Crippen molar-refractivity contribution in [1.29, 1.82) is 0 Å². The number of halogens is 7. The Hall–Kier alpha value is -2.91. The Morgan fingerprint density at radius 2 is 1.05 bits per heavy atom. The van der Waals surface area contributed by atoms with Crippen molar-refractivity contribution >= 4 is 98.6 Å². The number of ether oxygens (including phenoxy) is 2. The molecule has 300 valence electrons. The van der Waals surface area contributed by atoms with Gasteiger partial charge in [0.1, 0.15) is 24.7 Å². The van der Waals surface area contributed by atoms with E-state index in [9.17, 15) is 18.4 Å². The summed E-state index contributed by atoms with van der Waals surface area (Å²) in [5.74, 6) is -0.215. The molecule has 4 aromatic carbocycles. The molecular formula is C41H41Br4ClF2N2O6. The van der Waals surface area contributed by atoms with Crippen LogP contribution in [-0.2, 0) is 35.6 Å². The first-order chi connectivity index (χ1) is 26.6. The summed E-state index contributed by atoms with van der Waals surface area (Å²) in [5, 5.41) is 25.0. The fraction of sp³-hybridized carbons (Fsp3) is 0.366. The molecule has 0 aliphatic heterocycles. The highest BCUT2D eigenvalue weighted by molar-refractivity contribution is 9.11. The van der Waals surface area contributed by atoms with Crippen LogP contribution in [0.5, 0.6) is 11.5 Å².